The van der Waals surface area contributed by atoms with E-state index in [0.29, 0.717) is 23.1 Å². The summed E-state index contributed by atoms with van der Waals surface area (Å²) < 4.78 is 1.97. The number of nitrogens with one attached hydrogen (secondary N) is 2. The Morgan fingerprint density at radius 3 is 2.77 bits per heavy atom. The van der Waals surface area contributed by atoms with Crippen molar-refractivity contribution in [3.63, 3.8) is 0 Å². The third-order valence-corrected chi connectivity index (χ3v) is 4.99. The summed E-state index contributed by atoms with van der Waals surface area (Å²) in [6, 6.07) is 12.2. The molecule has 0 spiro atoms. The topological polar surface area (TPSA) is 99.4 Å². The zero-order valence-corrected chi connectivity index (χ0v) is 15.3. The van der Waals surface area contributed by atoms with Crippen LogP contribution in [-0.4, -0.2) is 31.4 Å². The molecular formula is C18H18N6OS. The molecule has 8 heteroatoms. The first-order chi connectivity index (χ1) is 12.6. The normalized spacial score (nSPS) is 10.5. The number of nitriles is 1. The molecule has 1 amide bonds. The van der Waals surface area contributed by atoms with Gasteiger partial charge in [-0.3, -0.25) is 9.89 Å². The SMILES string of the molecule is Cc1c(C#N)c(NC(=O)CSc2ncn[nH]2)n(Cc2ccccc2)c1C. The van der Waals surface area contributed by atoms with Crippen LogP contribution in [0.1, 0.15) is 22.4 Å². The number of amides is 1. The highest BCUT2D eigenvalue weighted by atomic mass is 32.2. The highest BCUT2D eigenvalue weighted by Crippen LogP contribution is 2.27. The van der Waals surface area contributed by atoms with Crippen molar-refractivity contribution in [1.29, 1.82) is 5.26 Å². The average Bonchev–Trinajstić information content (AvgIpc) is 3.24. The van der Waals surface area contributed by atoms with E-state index >= 15 is 0 Å². The number of aromatic amines is 1. The molecular weight excluding hydrogens is 348 g/mol. The average molecular weight is 366 g/mol. The zero-order valence-electron chi connectivity index (χ0n) is 14.5. The quantitative estimate of drug-likeness (QED) is 0.654. The maximum atomic E-state index is 12.4. The van der Waals surface area contributed by atoms with Crippen molar-refractivity contribution in [2.45, 2.75) is 25.5 Å². The van der Waals surface area contributed by atoms with Gasteiger partial charge in [0.1, 0.15) is 18.2 Å². The van der Waals surface area contributed by atoms with Crippen LogP contribution in [0.25, 0.3) is 0 Å². The van der Waals surface area contributed by atoms with E-state index in [4.69, 9.17) is 0 Å². The summed E-state index contributed by atoms with van der Waals surface area (Å²) in [6.07, 6.45) is 1.39. The third-order valence-electron chi connectivity index (χ3n) is 4.12. The molecule has 2 heterocycles. The van der Waals surface area contributed by atoms with Gasteiger partial charge in [-0.1, -0.05) is 42.1 Å². The molecule has 2 N–H and O–H groups in total. The van der Waals surface area contributed by atoms with Crippen LogP contribution < -0.4 is 5.32 Å². The number of carbonyl (C=O) groups excluding carboxylic acids is 1. The van der Waals surface area contributed by atoms with Crippen LogP contribution in [-0.2, 0) is 11.3 Å². The van der Waals surface area contributed by atoms with Crippen LogP contribution in [0.3, 0.4) is 0 Å². The van der Waals surface area contributed by atoms with E-state index in [0.717, 1.165) is 16.8 Å². The van der Waals surface area contributed by atoms with Crippen LogP contribution in [0.15, 0.2) is 41.8 Å². The lowest BCUT2D eigenvalue weighted by Crippen LogP contribution is -2.18. The van der Waals surface area contributed by atoms with E-state index in [2.05, 4.69) is 26.6 Å². The van der Waals surface area contributed by atoms with Crippen molar-refractivity contribution in [3.8, 4) is 6.07 Å². The van der Waals surface area contributed by atoms with E-state index in [9.17, 15) is 10.1 Å². The fraction of sp³-hybridized carbons (Fsp3) is 0.222. The second kappa shape index (κ2) is 7.89. The van der Waals surface area contributed by atoms with Crippen LogP contribution in [0.5, 0.6) is 0 Å². The molecule has 0 atom stereocenters. The Balaban J connectivity index is 1.83. The molecule has 0 unspecified atom stereocenters. The van der Waals surface area contributed by atoms with Crippen LogP contribution >= 0.6 is 11.8 Å². The molecule has 3 aromatic rings. The molecule has 0 aliphatic rings. The summed E-state index contributed by atoms with van der Waals surface area (Å²) in [5, 5.41) is 19.5. The molecule has 26 heavy (non-hydrogen) atoms. The predicted octanol–water partition coefficient (Wildman–Crippen LogP) is 2.87. The monoisotopic (exact) mass is 366 g/mol. The lowest BCUT2D eigenvalue weighted by Gasteiger charge is -2.13. The molecule has 0 saturated carbocycles. The Bertz CT molecular complexity index is 940. The Hall–Kier alpha value is -3.05. The highest BCUT2D eigenvalue weighted by molar-refractivity contribution is 7.99. The molecule has 3 rings (SSSR count). The summed E-state index contributed by atoms with van der Waals surface area (Å²) in [5.41, 5.74) is 3.43. The predicted molar refractivity (Wildman–Crippen MR) is 99.9 cm³/mol. The first-order valence-electron chi connectivity index (χ1n) is 8.02. The molecule has 0 aliphatic carbocycles. The Morgan fingerprint density at radius 1 is 1.35 bits per heavy atom. The maximum absolute atomic E-state index is 12.4. The number of nitrogens with zero attached hydrogens (tertiary/aromatic N) is 4. The summed E-state index contributed by atoms with van der Waals surface area (Å²) >= 11 is 1.26. The van der Waals surface area contributed by atoms with Gasteiger partial charge in [0.15, 0.2) is 5.16 Å². The van der Waals surface area contributed by atoms with Crippen LogP contribution in [0, 0.1) is 25.2 Å². The first-order valence-corrected chi connectivity index (χ1v) is 9.00. The van der Waals surface area contributed by atoms with E-state index in [1.165, 1.54) is 18.1 Å². The lowest BCUT2D eigenvalue weighted by molar-refractivity contribution is -0.113. The van der Waals surface area contributed by atoms with Crippen LogP contribution in [0.4, 0.5) is 5.82 Å². The smallest absolute Gasteiger partial charge is 0.235 e. The van der Waals surface area contributed by atoms with Gasteiger partial charge in [0, 0.05) is 12.2 Å². The Morgan fingerprint density at radius 2 is 2.12 bits per heavy atom. The van der Waals surface area contributed by atoms with Crippen molar-refractivity contribution in [1.82, 2.24) is 19.7 Å². The number of benzene rings is 1. The second-order valence-corrected chi connectivity index (χ2v) is 6.71. The van der Waals surface area contributed by atoms with E-state index < -0.39 is 0 Å². The maximum Gasteiger partial charge on any atom is 0.235 e. The number of thioether (sulfide) groups is 1. The summed E-state index contributed by atoms with van der Waals surface area (Å²) in [5.74, 6) is 0.513. The molecule has 0 radical (unpaired) electrons. The first kappa shape index (κ1) is 17.8. The minimum atomic E-state index is -0.199. The number of carbonyl (C=O) groups is 1. The molecule has 1 aromatic carbocycles. The van der Waals surface area contributed by atoms with Gasteiger partial charge >= 0.3 is 0 Å². The Labute approximate surface area is 155 Å². The lowest BCUT2D eigenvalue weighted by atomic mass is 10.2. The third kappa shape index (κ3) is 3.78. The summed E-state index contributed by atoms with van der Waals surface area (Å²) in [7, 11) is 0. The summed E-state index contributed by atoms with van der Waals surface area (Å²) in [6.45, 7) is 4.44. The second-order valence-electron chi connectivity index (χ2n) is 5.75. The minimum absolute atomic E-state index is 0.175. The van der Waals surface area contributed by atoms with Crippen molar-refractivity contribution in [2.24, 2.45) is 0 Å². The fourth-order valence-electron chi connectivity index (χ4n) is 2.66. The number of hydrogen-bond donors (Lipinski definition) is 2. The molecule has 2 aromatic heterocycles. The highest BCUT2D eigenvalue weighted by Gasteiger charge is 2.20. The standard InChI is InChI=1S/C18H18N6OS/c1-12-13(2)24(9-14-6-4-3-5-7-14)17(15(12)8-19)22-16(25)10-26-18-20-11-21-23-18/h3-7,11H,9-10H2,1-2H3,(H,22,25)(H,20,21,23). The van der Waals surface area contributed by atoms with Crippen molar-refractivity contribution < 1.29 is 4.79 Å². The van der Waals surface area contributed by atoms with Gasteiger partial charge in [0.25, 0.3) is 0 Å². The van der Waals surface area contributed by atoms with E-state index in [1.807, 2.05) is 48.7 Å². The molecule has 132 valence electrons. The van der Waals surface area contributed by atoms with Crippen LogP contribution in [0.2, 0.25) is 0 Å². The zero-order chi connectivity index (χ0) is 18.5. The number of aromatic nitrogens is 4. The molecule has 0 aliphatic heterocycles. The van der Waals surface area contributed by atoms with Gasteiger partial charge in [-0.05, 0) is 25.0 Å². The number of rotatable bonds is 6. The molecule has 0 saturated heterocycles. The van der Waals surface area contributed by atoms with Crippen molar-refractivity contribution >= 4 is 23.5 Å². The summed E-state index contributed by atoms with van der Waals surface area (Å²) in [4.78, 5) is 16.4. The molecule has 0 fully saturated rings. The molecule has 7 nitrogen and oxygen atoms in total. The van der Waals surface area contributed by atoms with Crippen molar-refractivity contribution in [2.75, 3.05) is 11.1 Å². The van der Waals surface area contributed by atoms with Gasteiger partial charge in [-0.15, -0.1) is 0 Å². The minimum Gasteiger partial charge on any atom is -0.326 e. The number of hydrogen-bond acceptors (Lipinski definition) is 5. The number of anilines is 1. The number of H-pyrrole nitrogens is 1. The van der Waals surface area contributed by atoms with Gasteiger partial charge in [0.05, 0.1) is 11.3 Å². The van der Waals surface area contributed by atoms with E-state index in [-0.39, 0.29) is 11.7 Å². The van der Waals surface area contributed by atoms with Gasteiger partial charge in [0.2, 0.25) is 5.91 Å². The van der Waals surface area contributed by atoms with Gasteiger partial charge in [-0.25, -0.2) is 4.98 Å². The Kier molecular flexibility index (Phi) is 5.39. The van der Waals surface area contributed by atoms with Gasteiger partial charge < -0.3 is 9.88 Å². The van der Waals surface area contributed by atoms with E-state index in [1.54, 1.807) is 0 Å². The fourth-order valence-corrected chi connectivity index (χ4v) is 3.24. The van der Waals surface area contributed by atoms with Crippen molar-refractivity contribution in [3.05, 3.63) is 59.0 Å². The van der Waals surface area contributed by atoms with Gasteiger partial charge in [-0.2, -0.15) is 10.4 Å². The largest absolute Gasteiger partial charge is 0.326 e. The molecule has 0 bridgehead atoms.